The number of carbonyl (C=O) groups excluding carboxylic acids is 1. The highest BCUT2D eigenvalue weighted by Gasteiger charge is 2.38. The van der Waals surface area contributed by atoms with Gasteiger partial charge in [0, 0.05) is 11.8 Å². The minimum atomic E-state index is -0.505. The van der Waals surface area contributed by atoms with E-state index >= 15 is 0 Å². The van der Waals surface area contributed by atoms with Crippen molar-refractivity contribution in [3.8, 4) is 11.5 Å². The molecule has 0 fully saturated rings. The first-order chi connectivity index (χ1) is 15.9. The maximum absolute atomic E-state index is 14.0. The smallest absolute Gasteiger partial charge is 0.338 e. The van der Waals surface area contributed by atoms with Gasteiger partial charge in [-0.2, -0.15) is 0 Å². The van der Waals surface area contributed by atoms with E-state index in [0.717, 1.165) is 5.17 Å². The van der Waals surface area contributed by atoms with Crippen molar-refractivity contribution in [3.63, 3.8) is 0 Å². The summed E-state index contributed by atoms with van der Waals surface area (Å²) in [6.45, 7) is 3.78. The molecule has 9 heteroatoms. The van der Waals surface area contributed by atoms with Gasteiger partial charge in [0.25, 0.3) is 0 Å². The van der Waals surface area contributed by atoms with Crippen molar-refractivity contribution in [1.29, 1.82) is 0 Å². The molecule has 33 heavy (non-hydrogen) atoms. The molecule has 0 aliphatic carbocycles. The van der Waals surface area contributed by atoms with E-state index in [9.17, 15) is 9.18 Å². The van der Waals surface area contributed by atoms with E-state index in [1.165, 1.54) is 24.9 Å². The first kappa shape index (κ1) is 23.2. The Morgan fingerprint density at radius 1 is 1.30 bits per heavy atom. The molecule has 1 atom stereocenters. The summed E-state index contributed by atoms with van der Waals surface area (Å²) in [5.74, 6) is -0.144. The summed E-state index contributed by atoms with van der Waals surface area (Å²) in [4.78, 5) is 19.3. The van der Waals surface area contributed by atoms with Crippen molar-refractivity contribution >= 4 is 34.5 Å². The van der Waals surface area contributed by atoms with E-state index in [-0.39, 0.29) is 24.1 Å². The molecule has 6 nitrogen and oxygen atoms in total. The van der Waals surface area contributed by atoms with Crippen molar-refractivity contribution in [2.75, 3.05) is 13.7 Å². The molecule has 4 rings (SSSR count). The zero-order chi connectivity index (χ0) is 23.5. The molecule has 0 N–H and O–H groups in total. The molecule has 0 radical (unpaired) electrons. The highest BCUT2D eigenvalue weighted by atomic mass is 35.5. The van der Waals surface area contributed by atoms with Crippen molar-refractivity contribution in [2.45, 2.75) is 26.5 Å². The zero-order valence-corrected chi connectivity index (χ0v) is 19.9. The normalized spacial score (nSPS) is 17.1. The summed E-state index contributed by atoms with van der Waals surface area (Å²) < 4.78 is 30.7. The second-order valence-electron chi connectivity index (χ2n) is 7.24. The summed E-state index contributed by atoms with van der Waals surface area (Å²) in [5, 5.41) is 2.93. The SMILES string of the molecule is CCOC(=O)C1=C(C)N=C2SC=CN2[C@@H]1c1cc(Cl)c(OCc2ccccc2F)c(OC)c1. The van der Waals surface area contributed by atoms with Crippen LogP contribution in [0.5, 0.6) is 11.5 Å². The van der Waals surface area contributed by atoms with Gasteiger partial charge in [0.15, 0.2) is 16.7 Å². The number of esters is 1. The highest BCUT2D eigenvalue weighted by Crippen LogP contribution is 2.45. The Balaban J connectivity index is 1.72. The lowest BCUT2D eigenvalue weighted by Gasteiger charge is -2.33. The van der Waals surface area contributed by atoms with Crippen LogP contribution < -0.4 is 9.47 Å². The van der Waals surface area contributed by atoms with Crippen molar-refractivity contribution in [2.24, 2.45) is 4.99 Å². The molecule has 172 valence electrons. The number of benzene rings is 2. The summed E-state index contributed by atoms with van der Waals surface area (Å²) >= 11 is 8.07. The van der Waals surface area contributed by atoms with Gasteiger partial charge in [-0.1, -0.05) is 41.6 Å². The van der Waals surface area contributed by atoms with Crippen LogP contribution >= 0.6 is 23.4 Å². The van der Waals surface area contributed by atoms with Crippen LogP contribution in [-0.4, -0.2) is 29.8 Å². The largest absolute Gasteiger partial charge is 0.493 e. The van der Waals surface area contributed by atoms with Gasteiger partial charge in [-0.05, 0) is 43.0 Å². The molecule has 0 unspecified atom stereocenters. The van der Waals surface area contributed by atoms with E-state index in [2.05, 4.69) is 4.99 Å². The molecule has 0 spiro atoms. The number of thioether (sulfide) groups is 1. The Morgan fingerprint density at radius 2 is 2.09 bits per heavy atom. The molecule has 0 saturated carbocycles. The van der Waals surface area contributed by atoms with Crippen molar-refractivity contribution in [3.05, 3.63) is 81.2 Å². The maximum Gasteiger partial charge on any atom is 0.338 e. The standard InChI is InChI=1S/C24H22ClFN2O4S/c1-4-31-23(29)20-14(2)27-24-28(9-10-33-24)21(20)16-11-17(25)22(19(12-16)30-3)32-13-15-7-5-6-8-18(15)26/h5-12,21H,4,13H2,1-3H3/t21-/m1/s1. The number of rotatable bonds is 7. The average Bonchev–Trinajstić information content (AvgIpc) is 3.26. The fourth-order valence-corrected chi connectivity index (χ4v) is 4.77. The van der Waals surface area contributed by atoms with Crippen LogP contribution in [0.25, 0.3) is 0 Å². The van der Waals surface area contributed by atoms with Crippen molar-refractivity contribution < 1.29 is 23.4 Å². The van der Waals surface area contributed by atoms with Gasteiger partial charge < -0.3 is 19.1 Å². The number of carbonyl (C=O) groups is 1. The molecule has 2 aromatic rings. The number of methoxy groups -OCH3 is 1. The first-order valence-corrected chi connectivity index (χ1v) is 11.5. The Labute approximate surface area is 200 Å². The fraction of sp³-hybridized carbons (Fsp3) is 0.250. The fourth-order valence-electron chi connectivity index (χ4n) is 3.70. The Hall–Kier alpha value is -2.97. The first-order valence-electron chi connectivity index (χ1n) is 10.3. The van der Waals surface area contributed by atoms with Gasteiger partial charge in [0.2, 0.25) is 0 Å². The molecule has 0 bridgehead atoms. The second-order valence-corrected chi connectivity index (χ2v) is 8.52. The molecule has 2 aliphatic rings. The van der Waals surface area contributed by atoms with E-state index in [0.29, 0.717) is 33.9 Å². The number of hydrogen-bond donors (Lipinski definition) is 0. The van der Waals surface area contributed by atoms with Gasteiger partial charge in [0.1, 0.15) is 12.4 Å². The monoisotopic (exact) mass is 488 g/mol. The summed E-state index contributed by atoms with van der Waals surface area (Å²) in [7, 11) is 1.50. The topological polar surface area (TPSA) is 60.4 Å². The zero-order valence-electron chi connectivity index (χ0n) is 18.3. The second kappa shape index (κ2) is 9.89. The third-order valence-electron chi connectivity index (χ3n) is 5.21. The molecule has 2 heterocycles. The van der Waals surface area contributed by atoms with Gasteiger partial charge in [-0.15, -0.1) is 0 Å². The summed E-state index contributed by atoms with van der Waals surface area (Å²) in [6.07, 6.45) is 1.86. The molecule has 2 aliphatic heterocycles. The van der Waals surface area contributed by atoms with Gasteiger partial charge in [-0.25, -0.2) is 14.2 Å². The minimum absolute atomic E-state index is 0.0130. The van der Waals surface area contributed by atoms with Crippen LogP contribution in [0.3, 0.4) is 0 Å². The summed E-state index contributed by atoms with van der Waals surface area (Å²) in [6, 6.07) is 9.34. The van der Waals surface area contributed by atoms with Gasteiger partial charge in [0.05, 0.1) is 36.1 Å². The number of aliphatic imine (C=N–C) groups is 1. The van der Waals surface area contributed by atoms with Crippen LogP contribution in [0.15, 0.2) is 64.3 Å². The minimum Gasteiger partial charge on any atom is -0.493 e. The lowest BCUT2D eigenvalue weighted by molar-refractivity contribution is -0.139. The number of ether oxygens (including phenoxy) is 3. The number of fused-ring (bicyclic) bond motifs is 1. The third kappa shape index (κ3) is 4.58. The lowest BCUT2D eigenvalue weighted by Crippen LogP contribution is -2.34. The molecule has 0 aromatic heterocycles. The number of nitrogens with zero attached hydrogens (tertiary/aromatic N) is 2. The lowest BCUT2D eigenvalue weighted by atomic mass is 9.94. The van der Waals surface area contributed by atoms with Crippen LogP contribution in [0.1, 0.15) is 31.0 Å². The number of amidine groups is 1. The Bertz CT molecular complexity index is 1180. The Kier molecular flexibility index (Phi) is 6.95. The maximum atomic E-state index is 14.0. The summed E-state index contributed by atoms with van der Waals surface area (Å²) in [5.41, 5.74) is 2.11. The highest BCUT2D eigenvalue weighted by molar-refractivity contribution is 8.16. The van der Waals surface area contributed by atoms with Crippen LogP contribution in [0.4, 0.5) is 4.39 Å². The third-order valence-corrected chi connectivity index (χ3v) is 6.26. The average molecular weight is 489 g/mol. The molecular weight excluding hydrogens is 467 g/mol. The Morgan fingerprint density at radius 3 is 2.82 bits per heavy atom. The number of hydrogen-bond acceptors (Lipinski definition) is 7. The predicted molar refractivity (Wildman–Crippen MR) is 127 cm³/mol. The van der Waals surface area contributed by atoms with Gasteiger partial charge in [-0.3, -0.25) is 0 Å². The molecular formula is C24H22ClFN2O4S. The molecule has 0 saturated heterocycles. The number of allylic oxidation sites excluding steroid dienone is 1. The molecule has 0 amide bonds. The molecule has 2 aromatic carbocycles. The van der Waals surface area contributed by atoms with Gasteiger partial charge >= 0.3 is 5.97 Å². The van der Waals surface area contributed by atoms with E-state index in [1.54, 1.807) is 44.2 Å². The quantitative estimate of drug-likeness (QED) is 0.457. The number of halogens is 2. The van der Waals surface area contributed by atoms with E-state index in [1.807, 2.05) is 16.5 Å². The van der Waals surface area contributed by atoms with E-state index < -0.39 is 12.0 Å². The van der Waals surface area contributed by atoms with Crippen LogP contribution in [0.2, 0.25) is 5.02 Å². The van der Waals surface area contributed by atoms with Crippen molar-refractivity contribution in [1.82, 2.24) is 4.90 Å². The predicted octanol–water partition coefficient (Wildman–Crippen LogP) is 5.83. The van der Waals surface area contributed by atoms with Crippen LogP contribution in [-0.2, 0) is 16.1 Å². The van der Waals surface area contributed by atoms with Crippen LogP contribution in [0, 0.1) is 5.82 Å². The van der Waals surface area contributed by atoms with E-state index in [4.69, 9.17) is 25.8 Å².